The molecule has 0 saturated heterocycles. The summed E-state index contributed by atoms with van der Waals surface area (Å²) in [4.78, 5) is 24.1. The number of benzene rings is 2. The third-order valence-corrected chi connectivity index (χ3v) is 3.91. The fraction of sp³-hybridized carbons (Fsp3) is 0.263. The maximum atomic E-state index is 12.2. The van der Waals surface area contributed by atoms with Crippen molar-refractivity contribution in [2.24, 2.45) is 5.92 Å². The van der Waals surface area contributed by atoms with Crippen LogP contribution in [0.1, 0.15) is 18.4 Å². The third-order valence-electron chi connectivity index (χ3n) is 3.91. The van der Waals surface area contributed by atoms with E-state index < -0.39 is 0 Å². The quantitative estimate of drug-likeness (QED) is 0.857. The molecule has 24 heavy (non-hydrogen) atoms. The zero-order chi connectivity index (χ0) is 16.9. The number of ether oxygens (including phenoxy) is 1. The summed E-state index contributed by atoms with van der Waals surface area (Å²) in [7, 11) is 1.59. The van der Waals surface area contributed by atoms with Gasteiger partial charge in [0.2, 0.25) is 11.8 Å². The Morgan fingerprint density at radius 1 is 1.04 bits per heavy atom. The molecule has 0 unspecified atom stereocenters. The molecule has 2 N–H and O–H groups in total. The normalized spacial score (nSPS) is 13.2. The van der Waals surface area contributed by atoms with E-state index in [0.29, 0.717) is 17.1 Å². The molecule has 2 aromatic carbocycles. The van der Waals surface area contributed by atoms with Crippen LogP contribution in [0.2, 0.25) is 0 Å². The molecule has 0 aromatic heterocycles. The van der Waals surface area contributed by atoms with Gasteiger partial charge >= 0.3 is 0 Å². The number of anilines is 2. The summed E-state index contributed by atoms with van der Waals surface area (Å²) in [5.74, 6) is 0.754. The lowest BCUT2D eigenvalue weighted by atomic mass is 10.1. The number of hydrogen-bond acceptors (Lipinski definition) is 3. The van der Waals surface area contributed by atoms with Gasteiger partial charge in [0, 0.05) is 22.9 Å². The topological polar surface area (TPSA) is 67.4 Å². The molecule has 0 bridgehead atoms. The molecule has 0 radical (unpaired) electrons. The van der Waals surface area contributed by atoms with Gasteiger partial charge in [0.05, 0.1) is 13.5 Å². The molecule has 5 heteroatoms. The van der Waals surface area contributed by atoms with Crippen LogP contribution in [-0.4, -0.2) is 18.9 Å². The summed E-state index contributed by atoms with van der Waals surface area (Å²) in [6.45, 7) is 0. The summed E-state index contributed by atoms with van der Waals surface area (Å²) < 4.78 is 5.26. The lowest BCUT2D eigenvalue weighted by Crippen LogP contribution is -2.16. The van der Waals surface area contributed by atoms with Crippen molar-refractivity contribution in [2.45, 2.75) is 19.3 Å². The van der Waals surface area contributed by atoms with Crippen LogP contribution >= 0.6 is 0 Å². The van der Waals surface area contributed by atoms with Crippen LogP contribution in [-0.2, 0) is 16.0 Å². The van der Waals surface area contributed by atoms with Crippen molar-refractivity contribution in [3.63, 3.8) is 0 Å². The maximum absolute atomic E-state index is 12.2. The summed E-state index contributed by atoms with van der Waals surface area (Å²) in [6, 6.07) is 14.6. The van der Waals surface area contributed by atoms with Crippen LogP contribution < -0.4 is 15.4 Å². The van der Waals surface area contributed by atoms with Gasteiger partial charge in [-0.25, -0.2) is 0 Å². The van der Waals surface area contributed by atoms with Crippen molar-refractivity contribution in [3.05, 3.63) is 54.1 Å². The van der Waals surface area contributed by atoms with E-state index in [9.17, 15) is 9.59 Å². The summed E-state index contributed by atoms with van der Waals surface area (Å²) >= 11 is 0. The van der Waals surface area contributed by atoms with E-state index in [1.54, 1.807) is 25.3 Å². The van der Waals surface area contributed by atoms with E-state index >= 15 is 0 Å². The first-order valence-electron chi connectivity index (χ1n) is 7.98. The molecule has 1 saturated carbocycles. The first kappa shape index (κ1) is 16.1. The highest BCUT2D eigenvalue weighted by Gasteiger charge is 2.29. The number of carbonyl (C=O) groups excluding carboxylic acids is 2. The van der Waals surface area contributed by atoms with Crippen LogP contribution in [0, 0.1) is 5.92 Å². The van der Waals surface area contributed by atoms with Gasteiger partial charge in [0.25, 0.3) is 0 Å². The fourth-order valence-electron chi connectivity index (χ4n) is 2.49. The average Bonchev–Trinajstić information content (AvgIpc) is 3.40. The van der Waals surface area contributed by atoms with Gasteiger partial charge in [-0.15, -0.1) is 0 Å². The predicted octanol–water partition coefficient (Wildman–Crippen LogP) is 3.22. The fourth-order valence-corrected chi connectivity index (χ4v) is 2.49. The van der Waals surface area contributed by atoms with Gasteiger partial charge in [-0.05, 0) is 37.1 Å². The van der Waals surface area contributed by atoms with Crippen molar-refractivity contribution in [3.8, 4) is 5.75 Å². The van der Waals surface area contributed by atoms with Crippen molar-refractivity contribution in [1.82, 2.24) is 0 Å². The lowest BCUT2D eigenvalue weighted by Gasteiger charge is -2.10. The molecule has 0 spiro atoms. The Bertz CT molecular complexity index is 754. The second-order valence-electron chi connectivity index (χ2n) is 5.88. The number of nitrogens with one attached hydrogen (secondary N) is 2. The van der Waals surface area contributed by atoms with Gasteiger partial charge in [0.15, 0.2) is 0 Å². The molecule has 0 atom stereocenters. The van der Waals surface area contributed by atoms with Crippen molar-refractivity contribution in [1.29, 1.82) is 0 Å². The van der Waals surface area contributed by atoms with E-state index in [1.165, 1.54) is 0 Å². The third kappa shape index (κ3) is 4.13. The Hall–Kier alpha value is -2.82. The van der Waals surface area contributed by atoms with E-state index in [2.05, 4.69) is 10.6 Å². The molecule has 1 aliphatic carbocycles. The van der Waals surface area contributed by atoms with Crippen LogP contribution in [0.4, 0.5) is 11.4 Å². The van der Waals surface area contributed by atoms with Crippen LogP contribution in [0.15, 0.2) is 48.5 Å². The number of para-hydroxylation sites is 1. The molecule has 3 rings (SSSR count). The Balaban J connectivity index is 1.62. The summed E-state index contributed by atoms with van der Waals surface area (Å²) in [6.07, 6.45) is 2.14. The molecule has 1 aliphatic rings. The van der Waals surface area contributed by atoms with E-state index in [4.69, 9.17) is 4.74 Å². The number of rotatable bonds is 6. The minimum Gasteiger partial charge on any atom is -0.496 e. The molecular weight excluding hydrogens is 304 g/mol. The van der Waals surface area contributed by atoms with Crippen molar-refractivity contribution >= 4 is 23.2 Å². The standard InChI is InChI=1S/C19H20N2O3/c1-24-17-8-3-2-5-14(17)11-18(22)20-15-6-4-7-16(12-15)21-19(23)13-9-10-13/h2-8,12-13H,9-11H2,1H3,(H,20,22)(H,21,23). The van der Waals surface area contributed by atoms with Crippen molar-refractivity contribution < 1.29 is 14.3 Å². The molecule has 2 amide bonds. The summed E-state index contributed by atoms with van der Waals surface area (Å²) in [5, 5.41) is 5.73. The van der Waals surface area contributed by atoms with Crippen LogP contribution in [0.3, 0.4) is 0 Å². The molecule has 5 nitrogen and oxygen atoms in total. The zero-order valence-electron chi connectivity index (χ0n) is 13.5. The Labute approximate surface area is 141 Å². The number of methoxy groups -OCH3 is 1. The van der Waals surface area contributed by atoms with Gasteiger partial charge in [0.1, 0.15) is 5.75 Å². The maximum Gasteiger partial charge on any atom is 0.228 e. The minimum atomic E-state index is -0.134. The van der Waals surface area contributed by atoms with Crippen LogP contribution in [0.25, 0.3) is 0 Å². The van der Waals surface area contributed by atoms with Gasteiger partial charge in [-0.2, -0.15) is 0 Å². The highest BCUT2D eigenvalue weighted by atomic mass is 16.5. The Morgan fingerprint density at radius 2 is 1.75 bits per heavy atom. The second kappa shape index (κ2) is 7.17. The molecule has 2 aromatic rings. The van der Waals surface area contributed by atoms with Gasteiger partial charge in [-0.3, -0.25) is 9.59 Å². The lowest BCUT2D eigenvalue weighted by molar-refractivity contribution is -0.117. The highest BCUT2D eigenvalue weighted by Crippen LogP contribution is 2.30. The van der Waals surface area contributed by atoms with E-state index in [1.807, 2.05) is 30.3 Å². The number of hydrogen-bond donors (Lipinski definition) is 2. The first-order chi connectivity index (χ1) is 11.7. The first-order valence-corrected chi connectivity index (χ1v) is 7.98. The largest absolute Gasteiger partial charge is 0.496 e. The van der Waals surface area contributed by atoms with Crippen LogP contribution in [0.5, 0.6) is 5.75 Å². The van der Waals surface area contributed by atoms with E-state index in [0.717, 1.165) is 18.4 Å². The average molecular weight is 324 g/mol. The van der Waals surface area contributed by atoms with Gasteiger partial charge < -0.3 is 15.4 Å². The number of carbonyl (C=O) groups is 2. The van der Waals surface area contributed by atoms with Gasteiger partial charge in [-0.1, -0.05) is 24.3 Å². The summed E-state index contributed by atoms with van der Waals surface area (Å²) in [5.41, 5.74) is 2.18. The highest BCUT2D eigenvalue weighted by molar-refractivity contribution is 5.96. The number of amides is 2. The molecule has 1 fully saturated rings. The smallest absolute Gasteiger partial charge is 0.228 e. The van der Waals surface area contributed by atoms with E-state index in [-0.39, 0.29) is 24.2 Å². The molecule has 0 heterocycles. The Morgan fingerprint density at radius 3 is 2.46 bits per heavy atom. The minimum absolute atomic E-state index is 0.0486. The molecule has 0 aliphatic heterocycles. The Kier molecular flexibility index (Phi) is 4.79. The van der Waals surface area contributed by atoms with Crippen molar-refractivity contribution in [2.75, 3.05) is 17.7 Å². The predicted molar refractivity (Wildman–Crippen MR) is 93.1 cm³/mol. The second-order valence-corrected chi connectivity index (χ2v) is 5.88. The SMILES string of the molecule is COc1ccccc1CC(=O)Nc1cccc(NC(=O)C2CC2)c1. The molecule has 124 valence electrons. The zero-order valence-corrected chi connectivity index (χ0v) is 13.5. The monoisotopic (exact) mass is 324 g/mol. The molecular formula is C19H20N2O3.